The summed E-state index contributed by atoms with van der Waals surface area (Å²) < 4.78 is 11.4. The number of nitrogens with zero attached hydrogens (tertiary/aromatic N) is 1. The Bertz CT molecular complexity index is 920. The van der Waals surface area contributed by atoms with Crippen LogP contribution in [0.2, 0.25) is 0 Å². The van der Waals surface area contributed by atoms with Crippen LogP contribution in [0.15, 0.2) is 40.9 Å². The maximum absolute atomic E-state index is 12.4. The Morgan fingerprint density at radius 3 is 2.43 bits per heavy atom. The summed E-state index contributed by atoms with van der Waals surface area (Å²) in [6.07, 6.45) is 0.363. The van der Waals surface area contributed by atoms with Crippen LogP contribution in [0.1, 0.15) is 38.3 Å². The monoisotopic (exact) mass is 445 g/mol. The van der Waals surface area contributed by atoms with E-state index >= 15 is 0 Å². The minimum Gasteiger partial charge on any atom is -0.481 e. The third kappa shape index (κ3) is 4.25. The van der Waals surface area contributed by atoms with Crippen molar-refractivity contribution >= 4 is 33.7 Å². The Morgan fingerprint density at radius 1 is 1.04 bits per heavy atom. The fourth-order valence-electron chi connectivity index (χ4n) is 3.07. The number of ether oxygens (including phenoxy) is 2. The lowest BCUT2D eigenvalue weighted by atomic mass is 10.1. The topological polar surface area (TPSA) is 72.9 Å². The smallest absolute Gasteiger partial charge is 0.344 e. The fraction of sp³-hybridized carbons (Fsp3) is 0.286. The molecule has 0 saturated carbocycles. The maximum atomic E-state index is 12.4. The zero-order valence-corrected chi connectivity index (χ0v) is 17.2. The summed E-state index contributed by atoms with van der Waals surface area (Å²) in [5.74, 6) is -0.464. The number of hydrogen-bond acceptors (Lipinski definition) is 5. The van der Waals surface area contributed by atoms with Crippen molar-refractivity contribution in [2.75, 3.05) is 19.8 Å². The first kappa shape index (κ1) is 20.1. The van der Waals surface area contributed by atoms with Crippen molar-refractivity contribution in [1.29, 1.82) is 0 Å². The molecule has 0 fully saturated rings. The van der Waals surface area contributed by atoms with Gasteiger partial charge in [0.1, 0.15) is 5.75 Å². The minimum atomic E-state index is -0.492. The van der Waals surface area contributed by atoms with Crippen LogP contribution in [0.5, 0.6) is 5.75 Å². The highest BCUT2D eigenvalue weighted by atomic mass is 79.9. The Kier molecular flexibility index (Phi) is 6.14. The van der Waals surface area contributed by atoms with E-state index in [1.165, 1.54) is 4.90 Å². The number of carbonyl (C=O) groups is 3. The van der Waals surface area contributed by atoms with Crippen molar-refractivity contribution in [1.82, 2.24) is 4.90 Å². The number of esters is 1. The zero-order chi connectivity index (χ0) is 20.3. The van der Waals surface area contributed by atoms with Gasteiger partial charge >= 0.3 is 5.97 Å². The molecular weight excluding hydrogens is 426 g/mol. The number of aryl methyl sites for hydroxylation is 2. The first-order chi connectivity index (χ1) is 13.4. The number of amides is 2. The number of benzene rings is 2. The Labute approximate surface area is 171 Å². The van der Waals surface area contributed by atoms with Gasteiger partial charge in [0.05, 0.1) is 17.7 Å². The number of para-hydroxylation sites is 1. The van der Waals surface area contributed by atoms with Gasteiger partial charge in [0.15, 0.2) is 6.61 Å². The van der Waals surface area contributed by atoms with Crippen LogP contribution in [-0.4, -0.2) is 42.4 Å². The van der Waals surface area contributed by atoms with Gasteiger partial charge in [-0.15, -0.1) is 0 Å². The molecule has 0 atom stereocenters. The summed E-state index contributed by atoms with van der Waals surface area (Å²) in [7, 11) is 0. The van der Waals surface area contributed by atoms with E-state index in [0.717, 1.165) is 15.6 Å². The van der Waals surface area contributed by atoms with E-state index in [4.69, 9.17) is 9.47 Å². The summed E-state index contributed by atoms with van der Waals surface area (Å²) in [4.78, 5) is 37.8. The van der Waals surface area contributed by atoms with Crippen molar-refractivity contribution in [3.63, 3.8) is 0 Å². The molecule has 1 aliphatic rings. The van der Waals surface area contributed by atoms with Gasteiger partial charge in [-0.25, -0.2) is 4.79 Å². The molecule has 0 radical (unpaired) electrons. The predicted molar refractivity (Wildman–Crippen MR) is 106 cm³/mol. The summed E-state index contributed by atoms with van der Waals surface area (Å²) in [6, 6.07) is 10.7. The number of hydrogen-bond donors (Lipinski definition) is 0. The molecule has 1 heterocycles. The first-order valence-corrected chi connectivity index (χ1v) is 9.68. The maximum Gasteiger partial charge on any atom is 0.344 e. The molecule has 2 aromatic rings. The lowest BCUT2D eigenvalue weighted by Crippen LogP contribution is -2.31. The SMILES string of the molecule is Cc1cccc(C)c1OCC(=O)OCCCN1C(=O)c2ccc(Br)cc2C1=O. The molecule has 1 aliphatic heterocycles. The van der Waals surface area contributed by atoms with Gasteiger partial charge in [-0.1, -0.05) is 34.1 Å². The van der Waals surface area contributed by atoms with E-state index in [1.807, 2.05) is 32.0 Å². The molecule has 0 aromatic heterocycles. The molecule has 0 N–H and O–H groups in total. The standard InChI is InChI=1S/C21H20BrNO5/c1-13-5-3-6-14(2)19(13)28-12-18(24)27-10-4-9-23-20(25)16-8-7-15(22)11-17(16)21(23)26/h3,5-8,11H,4,9-10,12H2,1-2H3. The lowest BCUT2D eigenvalue weighted by Gasteiger charge is -2.14. The van der Waals surface area contributed by atoms with Crippen molar-refractivity contribution in [2.24, 2.45) is 0 Å². The molecular formula is C21H20BrNO5. The van der Waals surface area contributed by atoms with Crippen LogP contribution < -0.4 is 4.74 Å². The summed E-state index contributed by atoms with van der Waals surface area (Å²) in [5, 5.41) is 0. The largest absolute Gasteiger partial charge is 0.481 e. The van der Waals surface area contributed by atoms with Gasteiger partial charge in [-0.05, 0) is 49.6 Å². The van der Waals surface area contributed by atoms with Gasteiger partial charge in [-0.2, -0.15) is 0 Å². The summed E-state index contributed by atoms with van der Waals surface area (Å²) in [6.45, 7) is 3.93. The Morgan fingerprint density at radius 2 is 1.71 bits per heavy atom. The van der Waals surface area contributed by atoms with Gasteiger partial charge in [0.2, 0.25) is 0 Å². The molecule has 28 heavy (non-hydrogen) atoms. The molecule has 2 amide bonds. The van der Waals surface area contributed by atoms with Crippen molar-refractivity contribution in [2.45, 2.75) is 20.3 Å². The van der Waals surface area contributed by atoms with Crippen molar-refractivity contribution < 1.29 is 23.9 Å². The second kappa shape index (κ2) is 8.56. The van der Waals surface area contributed by atoms with E-state index < -0.39 is 5.97 Å². The van der Waals surface area contributed by atoms with Crippen molar-refractivity contribution in [3.05, 3.63) is 63.1 Å². The number of halogens is 1. The van der Waals surface area contributed by atoms with Gasteiger partial charge < -0.3 is 9.47 Å². The van der Waals surface area contributed by atoms with Gasteiger partial charge in [-0.3, -0.25) is 14.5 Å². The molecule has 0 spiro atoms. The highest BCUT2D eigenvalue weighted by molar-refractivity contribution is 9.10. The van der Waals surface area contributed by atoms with Crippen LogP contribution in [0.4, 0.5) is 0 Å². The highest BCUT2D eigenvalue weighted by Crippen LogP contribution is 2.26. The Hall–Kier alpha value is -2.67. The molecule has 2 aromatic carbocycles. The Balaban J connectivity index is 1.44. The second-order valence-corrected chi connectivity index (χ2v) is 7.45. The fourth-order valence-corrected chi connectivity index (χ4v) is 3.44. The molecule has 0 aliphatic carbocycles. The summed E-state index contributed by atoms with van der Waals surface area (Å²) >= 11 is 3.30. The molecule has 0 unspecified atom stereocenters. The number of imide groups is 1. The molecule has 0 saturated heterocycles. The number of fused-ring (bicyclic) bond motifs is 1. The normalized spacial score (nSPS) is 12.9. The van der Waals surface area contributed by atoms with Crippen molar-refractivity contribution in [3.8, 4) is 5.75 Å². The number of carbonyl (C=O) groups excluding carboxylic acids is 3. The van der Waals surface area contributed by atoms with Crippen LogP contribution in [0.3, 0.4) is 0 Å². The van der Waals surface area contributed by atoms with E-state index in [0.29, 0.717) is 23.3 Å². The van der Waals surface area contributed by atoms with Crippen LogP contribution in [-0.2, 0) is 9.53 Å². The van der Waals surface area contributed by atoms with E-state index in [9.17, 15) is 14.4 Å². The summed E-state index contributed by atoms with van der Waals surface area (Å²) in [5.41, 5.74) is 2.68. The number of rotatable bonds is 7. The van der Waals surface area contributed by atoms with Crippen LogP contribution in [0.25, 0.3) is 0 Å². The molecule has 7 heteroatoms. The van der Waals surface area contributed by atoms with E-state index in [2.05, 4.69) is 15.9 Å². The van der Waals surface area contributed by atoms with Crippen LogP contribution >= 0.6 is 15.9 Å². The average Bonchev–Trinajstić information content (AvgIpc) is 2.88. The third-order valence-corrected chi connectivity index (χ3v) is 4.96. The third-order valence-electron chi connectivity index (χ3n) is 4.46. The quantitative estimate of drug-likeness (QED) is 0.369. The molecule has 146 valence electrons. The van der Waals surface area contributed by atoms with Crippen LogP contribution in [0, 0.1) is 13.8 Å². The average molecular weight is 446 g/mol. The molecule has 0 bridgehead atoms. The molecule has 3 rings (SSSR count). The van der Waals surface area contributed by atoms with Gasteiger partial charge in [0.25, 0.3) is 11.8 Å². The second-order valence-electron chi connectivity index (χ2n) is 6.54. The predicted octanol–water partition coefficient (Wildman–Crippen LogP) is 3.67. The zero-order valence-electron chi connectivity index (χ0n) is 15.7. The first-order valence-electron chi connectivity index (χ1n) is 8.89. The van der Waals surface area contributed by atoms with E-state index in [-0.39, 0.29) is 31.6 Å². The highest BCUT2D eigenvalue weighted by Gasteiger charge is 2.35. The lowest BCUT2D eigenvalue weighted by molar-refractivity contribution is -0.146. The minimum absolute atomic E-state index is 0.103. The molecule has 6 nitrogen and oxygen atoms in total. The van der Waals surface area contributed by atoms with Gasteiger partial charge in [0, 0.05) is 11.0 Å². The van der Waals surface area contributed by atoms with E-state index in [1.54, 1.807) is 18.2 Å².